The molecule has 0 aliphatic rings. The van der Waals surface area contributed by atoms with Crippen molar-refractivity contribution in [2.45, 2.75) is 13.3 Å². The second kappa shape index (κ2) is 7.00. The van der Waals surface area contributed by atoms with Crippen LogP contribution in [0.15, 0.2) is 41.1 Å². The number of hydrogen-bond acceptors (Lipinski definition) is 4. The molecule has 0 saturated heterocycles. The first-order valence-corrected chi connectivity index (χ1v) is 7.11. The van der Waals surface area contributed by atoms with Crippen LogP contribution in [0.5, 0.6) is 0 Å². The van der Waals surface area contributed by atoms with Crippen LogP contribution in [-0.4, -0.2) is 22.4 Å². The van der Waals surface area contributed by atoms with Gasteiger partial charge in [0.2, 0.25) is 0 Å². The van der Waals surface area contributed by atoms with Gasteiger partial charge in [-0.3, -0.25) is 4.79 Å². The second-order valence-corrected chi connectivity index (χ2v) is 5.09. The number of nitrogens with one attached hydrogen (secondary N) is 2. The molecule has 0 saturated carbocycles. The third kappa shape index (κ3) is 4.03. The maximum Gasteiger partial charge on any atom is 0.271 e. The molecule has 20 heavy (non-hydrogen) atoms. The molecule has 1 aromatic heterocycles. The number of carbonyl (C=O) groups is 1. The van der Waals surface area contributed by atoms with Gasteiger partial charge in [-0.15, -0.1) is 0 Å². The molecule has 0 radical (unpaired) electrons. The molecule has 1 heterocycles. The van der Waals surface area contributed by atoms with E-state index < -0.39 is 0 Å². The van der Waals surface area contributed by atoms with Crippen molar-refractivity contribution in [2.75, 3.05) is 11.9 Å². The van der Waals surface area contributed by atoms with E-state index in [1.807, 2.05) is 31.2 Å². The lowest BCUT2D eigenvalue weighted by molar-refractivity contribution is 0.0948. The van der Waals surface area contributed by atoms with Crippen molar-refractivity contribution in [2.24, 2.45) is 0 Å². The van der Waals surface area contributed by atoms with E-state index in [1.165, 1.54) is 6.20 Å². The van der Waals surface area contributed by atoms with Crippen LogP contribution in [0, 0.1) is 0 Å². The van der Waals surface area contributed by atoms with Crippen molar-refractivity contribution in [3.05, 3.63) is 46.8 Å². The highest BCUT2D eigenvalue weighted by Gasteiger charge is 2.06. The monoisotopic (exact) mass is 334 g/mol. The molecule has 0 aliphatic heterocycles. The molecule has 104 valence electrons. The fourth-order valence-electron chi connectivity index (χ4n) is 1.55. The summed E-state index contributed by atoms with van der Waals surface area (Å²) in [5, 5.41) is 5.88. The maximum atomic E-state index is 11.7. The molecule has 2 aromatic rings. The minimum atomic E-state index is -0.201. The number of rotatable bonds is 5. The Kier molecular flexibility index (Phi) is 5.06. The second-order valence-electron chi connectivity index (χ2n) is 4.18. The van der Waals surface area contributed by atoms with E-state index in [0.29, 0.717) is 18.1 Å². The van der Waals surface area contributed by atoms with Crippen molar-refractivity contribution in [1.29, 1.82) is 0 Å². The van der Waals surface area contributed by atoms with Gasteiger partial charge in [0.15, 0.2) is 0 Å². The Balaban J connectivity index is 2.03. The third-order valence-electron chi connectivity index (χ3n) is 2.52. The predicted molar refractivity (Wildman–Crippen MR) is 82.1 cm³/mol. The molecule has 0 unspecified atom stereocenters. The lowest BCUT2D eigenvalue weighted by atomic mass is 10.3. The van der Waals surface area contributed by atoms with Crippen LogP contribution < -0.4 is 10.6 Å². The van der Waals surface area contributed by atoms with E-state index in [4.69, 9.17) is 0 Å². The number of carbonyl (C=O) groups excluding carboxylic acids is 1. The summed E-state index contributed by atoms with van der Waals surface area (Å²) in [5.74, 6) is 0.392. The molecule has 0 aliphatic carbocycles. The van der Waals surface area contributed by atoms with Gasteiger partial charge in [-0.1, -0.05) is 28.9 Å². The first-order chi connectivity index (χ1) is 9.69. The van der Waals surface area contributed by atoms with E-state index in [2.05, 4.69) is 36.5 Å². The first-order valence-electron chi connectivity index (χ1n) is 6.32. The Morgan fingerprint density at radius 3 is 2.80 bits per heavy atom. The van der Waals surface area contributed by atoms with E-state index in [1.54, 1.807) is 6.20 Å². The van der Waals surface area contributed by atoms with Gasteiger partial charge in [0, 0.05) is 16.7 Å². The van der Waals surface area contributed by atoms with Crippen molar-refractivity contribution in [3.63, 3.8) is 0 Å². The Hall–Kier alpha value is -1.95. The van der Waals surface area contributed by atoms with Gasteiger partial charge in [-0.2, -0.15) is 0 Å². The molecule has 0 bridgehead atoms. The normalized spacial score (nSPS) is 10.1. The molecule has 5 nitrogen and oxygen atoms in total. The lowest BCUT2D eigenvalue weighted by Gasteiger charge is -2.06. The third-order valence-corrected chi connectivity index (χ3v) is 3.01. The van der Waals surface area contributed by atoms with E-state index in [-0.39, 0.29) is 5.91 Å². The Labute approximate surface area is 126 Å². The van der Waals surface area contributed by atoms with Gasteiger partial charge in [0.25, 0.3) is 5.91 Å². The van der Waals surface area contributed by atoms with Crippen molar-refractivity contribution >= 4 is 33.3 Å². The van der Waals surface area contributed by atoms with Gasteiger partial charge in [0.05, 0.1) is 12.4 Å². The number of halogens is 1. The Morgan fingerprint density at radius 1 is 1.30 bits per heavy atom. The van der Waals surface area contributed by atoms with Crippen LogP contribution in [0.1, 0.15) is 23.8 Å². The summed E-state index contributed by atoms with van der Waals surface area (Å²) in [6.07, 6.45) is 3.90. The number of anilines is 2. The molecule has 0 fully saturated rings. The summed E-state index contributed by atoms with van der Waals surface area (Å²) in [4.78, 5) is 20.0. The first kappa shape index (κ1) is 14.5. The number of amides is 1. The molecule has 1 amide bonds. The van der Waals surface area contributed by atoms with Crippen LogP contribution in [-0.2, 0) is 0 Å². The van der Waals surface area contributed by atoms with Gasteiger partial charge < -0.3 is 10.6 Å². The molecule has 6 heteroatoms. The van der Waals surface area contributed by atoms with Crippen LogP contribution in [0.2, 0.25) is 0 Å². The van der Waals surface area contributed by atoms with E-state index >= 15 is 0 Å². The van der Waals surface area contributed by atoms with Crippen LogP contribution in [0.4, 0.5) is 11.5 Å². The molecular weight excluding hydrogens is 320 g/mol. The maximum absolute atomic E-state index is 11.7. The van der Waals surface area contributed by atoms with Crippen molar-refractivity contribution < 1.29 is 4.79 Å². The largest absolute Gasteiger partial charge is 0.351 e. The molecule has 0 atom stereocenters. The molecular formula is C14H15BrN4O. The van der Waals surface area contributed by atoms with Crippen molar-refractivity contribution in [3.8, 4) is 0 Å². The SMILES string of the molecule is CCCNC(=O)c1cnc(Nc2cccc(Br)c2)cn1. The number of nitrogens with zero attached hydrogens (tertiary/aromatic N) is 2. The fraction of sp³-hybridized carbons (Fsp3) is 0.214. The summed E-state index contributed by atoms with van der Waals surface area (Å²) < 4.78 is 0.978. The smallest absolute Gasteiger partial charge is 0.271 e. The zero-order chi connectivity index (χ0) is 14.4. The summed E-state index contributed by atoms with van der Waals surface area (Å²) in [5.41, 5.74) is 1.22. The number of benzene rings is 1. The van der Waals surface area contributed by atoms with Crippen LogP contribution in [0.25, 0.3) is 0 Å². The standard InChI is InChI=1S/C14H15BrN4O/c1-2-6-16-14(20)12-8-18-13(9-17-12)19-11-5-3-4-10(15)7-11/h3-5,7-9H,2,6H2,1H3,(H,16,20)(H,18,19). The van der Waals surface area contributed by atoms with E-state index in [0.717, 1.165) is 16.6 Å². The number of hydrogen-bond donors (Lipinski definition) is 2. The van der Waals surface area contributed by atoms with Gasteiger partial charge in [-0.25, -0.2) is 9.97 Å². The summed E-state index contributed by atoms with van der Waals surface area (Å²) in [7, 11) is 0. The molecule has 2 rings (SSSR count). The quantitative estimate of drug-likeness (QED) is 0.881. The molecule has 2 N–H and O–H groups in total. The predicted octanol–water partition coefficient (Wildman–Crippen LogP) is 3.12. The topological polar surface area (TPSA) is 66.9 Å². The summed E-state index contributed by atoms with van der Waals surface area (Å²) in [6, 6.07) is 7.72. The Bertz CT molecular complexity index is 586. The zero-order valence-electron chi connectivity index (χ0n) is 11.1. The summed E-state index contributed by atoms with van der Waals surface area (Å²) in [6.45, 7) is 2.63. The van der Waals surface area contributed by atoms with Crippen LogP contribution in [0.3, 0.4) is 0 Å². The zero-order valence-corrected chi connectivity index (χ0v) is 12.6. The Morgan fingerprint density at radius 2 is 2.15 bits per heavy atom. The lowest BCUT2D eigenvalue weighted by Crippen LogP contribution is -2.25. The van der Waals surface area contributed by atoms with E-state index in [9.17, 15) is 4.79 Å². The average Bonchev–Trinajstić information content (AvgIpc) is 2.45. The fourth-order valence-corrected chi connectivity index (χ4v) is 1.95. The minimum Gasteiger partial charge on any atom is -0.351 e. The van der Waals surface area contributed by atoms with Gasteiger partial charge in [0.1, 0.15) is 11.5 Å². The molecule has 1 aromatic carbocycles. The van der Waals surface area contributed by atoms with Gasteiger partial charge >= 0.3 is 0 Å². The minimum absolute atomic E-state index is 0.201. The highest BCUT2D eigenvalue weighted by Crippen LogP contribution is 2.18. The van der Waals surface area contributed by atoms with Gasteiger partial charge in [-0.05, 0) is 24.6 Å². The highest BCUT2D eigenvalue weighted by molar-refractivity contribution is 9.10. The molecule has 0 spiro atoms. The number of aromatic nitrogens is 2. The van der Waals surface area contributed by atoms with Crippen LogP contribution >= 0.6 is 15.9 Å². The highest BCUT2D eigenvalue weighted by atomic mass is 79.9. The average molecular weight is 335 g/mol. The summed E-state index contributed by atoms with van der Waals surface area (Å²) >= 11 is 3.40. The van der Waals surface area contributed by atoms with Crippen molar-refractivity contribution in [1.82, 2.24) is 15.3 Å².